The SMILES string of the molecule is Cc1cc(C)cc(N(C(=O)c2ccccc2C)C(=O)c2ccccc2C(=O)O)c1. The molecule has 1 N–H and O–H groups in total. The smallest absolute Gasteiger partial charge is 0.336 e. The number of rotatable bonds is 4. The van der Waals surface area contributed by atoms with E-state index in [1.165, 1.54) is 12.1 Å². The number of carbonyl (C=O) groups is 3. The van der Waals surface area contributed by atoms with Crippen LogP contribution in [-0.2, 0) is 0 Å². The number of imide groups is 1. The van der Waals surface area contributed by atoms with Crippen molar-refractivity contribution in [2.75, 3.05) is 4.90 Å². The third-order valence-corrected chi connectivity index (χ3v) is 4.63. The Labute approximate surface area is 169 Å². The number of hydrogen-bond donors (Lipinski definition) is 1. The lowest BCUT2D eigenvalue weighted by Crippen LogP contribution is -2.38. The molecule has 5 heteroatoms. The Kier molecular flexibility index (Phi) is 5.59. The molecule has 2 amide bonds. The number of carboxylic acids is 1. The molecule has 3 rings (SSSR count). The summed E-state index contributed by atoms with van der Waals surface area (Å²) in [5, 5.41) is 9.50. The predicted octanol–water partition coefficient (Wildman–Crippen LogP) is 4.80. The van der Waals surface area contributed by atoms with Gasteiger partial charge in [-0.1, -0.05) is 36.4 Å². The van der Waals surface area contributed by atoms with Crippen LogP contribution in [0.15, 0.2) is 66.7 Å². The summed E-state index contributed by atoms with van der Waals surface area (Å²) in [6.45, 7) is 5.55. The molecule has 146 valence electrons. The zero-order valence-electron chi connectivity index (χ0n) is 16.5. The van der Waals surface area contributed by atoms with Crippen LogP contribution in [0.5, 0.6) is 0 Å². The van der Waals surface area contributed by atoms with Gasteiger partial charge in [0, 0.05) is 5.56 Å². The van der Waals surface area contributed by atoms with E-state index in [0.717, 1.165) is 21.6 Å². The number of hydrogen-bond acceptors (Lipinski definition) is 3. The molecule has 3 aromatic carbocycles. The Bertz CT molecular complexity index is 1100. The van der Waals surface area contributed by atoms with E-state index in [0.29, 0.717) is 11.3 Å². The lowest BCUT2D eigenvalue weighted by Gasteiger charge is -2.23. The normalized spacial score (nSPS) is 10.4. The Hall–Kier alpha value is -3.73. The second-order valence-electron chi connectivity index (χ2n) is 6.96. The molecule has 0 aliphatic carbocycles. The summed E-state index contributed by atoms with van der Waals surface area (Å²) in [6.07, 6.45) is 0. The third kappa shape index (κ3) is 4.09. The minimum atomic E-state index is -1.22. The van der Waals surface area contributed by atoms with E-state index in [-0.39, 0.29) is 11.1 Å². The molecule has 5 nitrogen and oxygen atoms in total. The second kappa shape index (κ2) is 8.10. The van der Waals surface area contributed by atoms with E-state index in [1.807, 2.05) is 26.0 Å². The number of carbonyl (C=O) groups excluding carboxylic acids is 2. The minimum absolute atomic E-state index is 0.0407. The number of anilines is 1. The summed E-state index contributed by atoms with van der Waals surface area (Å²) in [5.41, 5.74) is 3.11. The van der Waals surface area contributed by atoms with Crippen LogP contribution in [-0.4, -0.2) is 22.9 Å². The molecule has 0 aliphatic heterocycles. The standard InChI is InChI=1S/C24H21NO4/c1-15-12-16(2)14-18(13-15)25(22(26)19-9-5-4-8-17(19)3)23(27)20-10-6-7-11-21(20)24(28)29/h4-14H,1-3H3,(H,28,29). The largest absolute Gasteiger partial charge is 0.478 e. The van der Waals surface area contributed by atoms with E-state index in [1.54, 1.807) is 49.4 Å². The molecule has 3 aromatic rings. The van der Waals surface area contributed by atoms with Crippen LogP contribution >= 0.6 is 0 Å². The van der Waals surface area contributed by atoms with Gasteiger partial charge in [-0.2, -0.15) is 0 Å². The van der Waals surface area contributed by atoms with E-state index in [2.05, 4.69) is 0 Å². The van der Waals surface area contributed by atoms with Crippen molar-refractivity contribution in [2.24, 2.45) is 0 Å². The monoisotopic (exact) mass is 387 g/mol. The summed E-state index contributed by atoms with van der Waals surface area (Å²) in [6, 6.07) is 18.3. The summed E-state index contributed by atoms with van der Waals surface area (Å²) in [4.78, 5) is 39.6. The van der Waals surface area contributed by atoms with Gasteiger partial charge in [0.25, 0.3) is 11.8 Å². The van der Waals surface area contributed by atoms with Gasteiger partial charge in [-0.3, -0.25) is 9.59 Å². The maximum Gasteiger partial charge on any atom is 0.336 e. The molecular formula is C24H21NO4. The van der Waals surface area contributed by atoms with Crippen molar-refractivity contribution in [1.29, 1.82) is 0 Å². The molecular weight excluding hydrogens is 366 g/mol. The second-order valence-corrected chi connectivity index (χ2v) is 6.96. The number of benzene rings is 3. The van der Waals surface area contributed by atoms with Crippen molar-refractivity contribution in [1.82, 2.24) is 0 Å². The Morgan fingerprint density at radius 3 is 1.72 bits per heavy atom. The van der Waals surface area contributed by atoms with E-state index < -0.39 is 17.8 Å². The summed E-state index contributed by atoms with van der Waals surface area (Å²) in [7, 11) is 0. The minimum Gasteiger partial charge on any atom is -0.478 e. The predicted molar refractivity (Wildman–Crippen MR) is 112 cm³/mol. The van der Waals surface area contributed by atoms with E-state index in [9.17, 15) is 19.5 Å². The quantitative estimate of drug-likeness (QED) is 0.653. The fraction of sp³-hybridized carbons (Fsp3) is 0.125. The van der Waals surface area contributed by atoms with Gasteiger partial charge in [-0.15, -0.1) is 0 Å². The fourth-order valence-electron chi connectivity index (χ4n) is 3.32. The van der Waals surface area contributed by atoms with Crippen LogP contribution in [0, 0.1) is 20.8 Å². The molecule has 0 atom stereocenters. The van der Waals surface area contributed by atoms with Crippen LogP contribution in [0.2, 0.25) is 0 Å². The maximum absolute atomic E-state index is 13.5. The van der Waals surface area contributed by atoms with Crippen molar-refractivity contribution < 1.29 is 19.5 Å². The van der Waals surface area contributed by atoms with Gasteiger partial charge < -0.3 is 5.11 Å². The van der Waals surface area contributed by atoms with Crippen LogP contribution in [0.25, 0.3) is 0 Å². The molecule has 0 saturated heterocycles. The Morgan fingerprint density at radius 2 is 1.17 bits per heavy atom. The molecule has 0 aliphatic rings. The topological polar surface area (TPSA) is 74.7 Å². The molecule has 0 spiro atoms. The van der Waals surface area contributed by atoms with E-state index >= 15 is 0 Å². The molecule has 0 radical (unpaired) electrons. The van der Waals surface area contributed by atoms with Gasteiger partial charge in [0.15, 0.2) is 0 Å². The first-order chi connectivity index (χ1) is 13.8. The highest BCUT2D eigenvalue weighted by molar-refractivity contribution is 6.27. The van der Waals surface area contributed by atoms with Crippen molar-refractivity contribution in [2.45, 2.75) is 20.8 Å². The molecule has 0 fully saturated rings. The van der Waals surface area contributed by atoms with Crippen LogP contribution in [0.3, 0.4) is 0 Å². The Balaban J connectivity index is 2.21. The van der Waals surface area contributed by atoms with Gasteiger partial charge in [0.1, 0.15) is 0 Å². The highest BCUT2D eigenvalue weighted by Crippen LogP contribution is 2.25. The van der Waals surface area contributed by atoms with Crippen molar-refractivity contribution in [3.63, 3.8) is 0 Å². The number of aromatic carboxylic acids is 1. The summed E-state index contributed by atoms with van der Waals surface area (Å²) >= 11 is 0. The first kappa shape index (κ1) is 20.0. The summed E-state index contributed by atoms with van der Waals surface area (Å²) < 4.78 is 0. The molecule has 0 saturated carbocycles. The van der Waals surface area contributed by atoms with Gasteiger partial charge in [-0.05, 0) is 67.8 Å². The first-order valence-corrected chi connectivity index (χ1v) is 9.14. The van der Waals surface area contributed by atoms with Crippen LogP contribution < -0.4 is 4.90 Å². The lowest BCUT2D eigenvalue weighted by atomic mass is 10.0. The van der Waals surface area contributed by atoms with Crippen molar-refractivity contribution >= 4 is 23.5 Å². The molecule has 29 heavy (non-hydrogen) atoms. The number of nitrogens with zero attached hydrogens (tertiary/aromatic N) is 1. The van der Waals surface area contributed by atoms with Gasteiger partial charge in [-0.25, -0.2) is 9.69 Å². The number of carboxylic acid groups (broad SMARTS) is 1. The average molecular weight is 387 g/mol. The van der Waals surface area contributed by atoms with Crippen molar-refractivity contribution in [3.05, 3.63) is 100 Å². The molecule has 0 bridgehead atoms. The zero-order chi connectivity index (χ0) is 21.1. The highest BCUT2D eigenvalue weighted by atomic mass is 16.4. The average Bonchev–Trinajstić information content (AvgIpc) is 2.67. The van der Waals surface area contributed by atoms with Gasteiger partial charge in [0.2, 0.25) is 0 Å². The van der Waals surface area contributed by atoms with E-state index in [4.69, 9.17) is 0 Å². The van der Waals surface area contributed by atoms with Gasteiger partial charge >= 0.3 is 5.97 Å². The zero-order valence-corrected chi connectivity index (χ0v) is 16.5. The maximum atomic E-state index is 13.5. The van der Waals surface area contributed by atoms with Gasteiger partial charge in [0.05, 0.1) is 16.8 Å². The lowest BCUT2D eigenvalue weighted by molar-refractivity contribution is 0.0690. The van der Waals surface area contributed by atoms with Crippen LogP contribution in [0.4, 0.5) is 5.69 Å². The number of amides is 2. The molecule has 0 aromatic heterocycles. The first-order valence-electron chi connectivity index (χ1n) is 9.14. The Morgan fingerprint density at radius 1 is 0.690 bits per heavy atom. The highest BCUT2D eigenvalue weighted by Gasteiger charge is 2.29. The molecule has 0 unspecified atom stereocenters. The third-order valence-electron chi connectivity index (χ3n) is 4.63. The molecule has 0 heterocycles. The number of aryl methyl sites for hydroxylation is 3. The summed E-state index contributed by atoms with van der Waals surface area (Å²) in [5.74, 6) is -2.41. The fourth-order valence-corrected chi connectivity index (χ4v) is 3.32. The van der Waals surface area contributed by atoms with Crippen molar-refractivity contribution in [3.8, 4) is 0 Å². The van der Waals surface area contributed by atoms with Crippen LogP contribution in [0.1, 0.15) is 47.8 Å².